The van der Waals surface area contributed by atoms with E-state index in [1.54, 1.807) is 12.2 Å². The molecule has 0 saturated carbocycles. The number of nitrogens with one attached hydrogen (secondary N) is 2. The summed E-state index contributed by atoms with van der Waals surface area (Å²) in [5.41, 5.74) is 4.27. The first-order valence-corrected chi connectivity index (χ1v) is 5.46. The Hall–Kier alpha value is -1.70. The van der Waals surface area contributed by atoms with Gasteiger partial charge in [0.2, 0.25) is 0 Å². The van der Waals surface area contributed by atoms with Crippen LogP contribution < -0.4 is 0 Å². The number of benzene rings is 1. The van der Waals surface area contributed by atoms with Crippen LogP contribution in [0.15, 0.2) is 30.4 Å². The Labute approximate surface area is 97.0 Å². The largest absolute Gasteiger partial charge is 0.305 e. The van der Waals surface area contributed by atoms with Crippen LogP contribution in [0.2, 0.25) is 0 Å². The third-order valence-electron chi connectivity index (χ3n) is 2.50. The van der Waals surface area contributed by atoms with Crippen molar-refractivity contribution in [1.29, 1.82) is 10.8 Å². The molecule has 1 rings (SSSR count). The molecule has 0 fully saturated rings. The first-order valence-electron chi connectivity index (χ1n) is 5.46. The molecule has 0 aliphatic heterocycles. The number of rotatable bonds is 4. The summed E-state index contributed by atoms with van der Waals surface area (Å²) in [7, 11) is 0. The molecule has 0 atom stereocenters. The molecule has 0 unspecified atom stereocenters. The minimum atomic E-state index is 0.468. The van der Waals surface area contributed by atoms with Gasteiger partial charge >= 0.3 is 0 Å². The van der Waals surface area contributed by atoms with Crippen molar-refractivity contribution in [3.8, 4) is 0 Å². The maximum Gasteiger partial charge on any atom is 0.0615 e. The van der Waals surface area contributed by atoms with Gasteiger partial charge in [0, 0.05) is 11.3 Å². The van der Waals surface area contributed by atoms with E-state index in [0.29, 0.717) is 17.8 Å². The zero-order chi connectivity index (χ0) is 12.1. The van der Waals surface area contributed by atoms with Crippen LogP contribution in [0, 0.1) is 24.7 Å². The highest BCUT2D eigenvalue weighted by Gasteiger charge is 2.01. The maximum atomic E-state index is 7.93. The van der Waals surface area contributed by atoms with Gasteiger partial charge in [-0.2, -0.15) is 0 Å². The van der Waals surface area contributed by atoms with Gasteiger partial charge in [-0.05, 0) is 38.0 Å². The molecule has 0 aliphatic carbocycles. The molecule has 84 valence electrons. The summed E-state index contributed by atoms with van der Waals surface area (Å²) in [5, 5.41) is 15.4. The van der Waals surface area contributed by atoms with Gasteiger partial charge in [-0.15, -0.1) is 0 Å². The van der Waals surface area contributed by atoms with Gasteiger partial charge in [0.25, 0.3) is 0 Å². The lowest BCUT2D eigenvalue weighted by atomic mass is 10.0. The van der Waals surface area contributed by atoms with E-state index in [4.69, 9.17) is 10.8 Å². The summed E-state index contributed by atoms with van der Waals surface area (Å²) in [6, 6.07) is 6.05. The molecule has 0 bridgehead atoms. The van der Waals surface area contributed by atoms with Crippen LogP contribution in [0.5, 0.6) is 0 Å². The number of hydrogen-bond donors (Lipinski definition) is 2. The van der Waals surface area contributed by atoms with E-state index in [2.05, 4.69) is 6.07 Å². The molecule has 0 saturated heterocycles. The second-order valence-electron chi connectivity index (χ2n) is 3.94. The Morgan fingerprint density at radius 3 is 2.44 bits per heavy atom. The molecule has 0 aromatic heterocycles. The Morgan fingerprint density at radius 1 is 1.19 bits per heavy atom. The summed E-state index contributed by atoms with van der Waals surface area (Å²) >= 11 is 0. The molecular weight excluding hydrogens is 196 g/mol. The molecule has 16 heavy (non-hydrogen) atoms. The maximum absolute atomic E-state index is 7.93. The standard InChI is InChI=1S/C14H18N2/c1-4-12(15)6-8-14(16)13-7-5-10(2)9-11(13)3/h5-9,15-16H,4H2,1-3H3/b8-6-,15-12?,16-14?. The summed E-state index contributed by atoms with van der Waals surface area (Å²) in [6.07, 6.45) is 4.10. The van der Waals surface area contributed by atoms with E-state index in [-0.39, 0.29) is 0 Å². The molecular formula is C14H18N2. The van der Waals surface area contributed by atoms with Crippen LogP contribution in [0.1, 0.15) is 30.0 Å². The van der Waals surface area contributed by atoms with Gasteiger partial charge in [0.05, 0.1) is 5.71 Å². The van der Waals surface area contributed by atoms with E-state index >= 15 is 0 Å². The van der Waals surface area contributed by atoms with Crippen LogP contribution in [0.3, 0.4) is 0 Å². The summed E-state index contributed by atoms with van der Waals surface area (Å²) in [6.45, 7) is 5.99. The average molecular weight is 214 g/mol. The molecule has 2 heteroatoms. The quantitative estimate of drug-likeness (QED) is 0.719. The molecule has 2 nitrogen and oxygen atoms in total. The number of allylic oxidation sites excluding steroid dienone is 2. The first kappa shape index (κ1) is 12.4. The number of aryl methyl sites for hydroxylation is 2. The molecule has 0 aliphatic rings. The average Bonchev–Trinajstić information content (AvgIpc) is 2.25. The fourth-order valence-corrected chi connectivity index (χ4v) is 1.51. The monoisotopic (exact) mass is 214 g/mol. The highest BCUT2D eigenvalue weighted by atomic mass is 14.4. The van der Waals surface area contributed by atoms with E-state index < -0.39 is 0 Å². The smallest absolute Gasteiger partial charge is 0.0615 e. The molecule has 2 N–H and O–H groups in total. The fraction of sp³-hybridized carbons (Fsp3) is 0.286. The van der Waals surface area contributed by atoms with Crippen molar-refractivity contribution in [2.75, 3.05) is 0 Å². The lowest BCUT2D eigenvalue weighted by molar-refractivity contribution is 1.26. The van der Waals surface area contributed by atoms with Crippen LogP contribution >= 0.6 is 0 Å². The van der Waals surface area contributed by atoms with Crippen molar-refractivity contribution in [2.24, 2.45) is 0 Å². The zero-order valence-corrected chi connectivity index (χ0v) is 10.1. The van der Waals surface area contributed by atoms with Gasteiger partial charge in [0.15, 0.2) is 0 Å². The van der Waals surface area contributed by atoms with Crippen LogP contribution in [-0.4, -0.2) is 11.4 Å². The summed E-state index contributed by atoms with van der Waals surface area (Å²) in [5.74, 6) is 0. The van der Waals surface area contributed by atoms with Gasteiger partial charge in [0.1, 0.15) is 0 Å². The highest BCUT2D eigenvalue weighted by Crippen LogP contribution is 2.11. The van der Waals surface area contributed by atoms with Gasteiger partial charge in [-0.25, -0.2) is 0 Å². The van der Waals surface area contributed by atoms with Crippen molar-refractivity contribution < 1.29 is 0 Å². The predicted molar refractivity (Wildman–Crippen MR) is 69.9 cm³/mol. The Balaban J connectivity index is 2.89. The molecule has 1 aromatic rings. The molecule has 0 amide bonds. The Morgan fingerprint density at radius 2 is 1.88 bits per heavy atom. The molecule has 1 aromatic carbocycles. The Bertz CT molecular complexity index is 442. The Kier molecular flexibility index (Phi) is 4.18. The first-order chi connectivity index (χ1) is 7.54. The lowest BCUT2D eigenvalue weighted by Gasteiger charge is -2.05. The minimum Gasteiger partial charge on any atom is -0.305 e. The van der Waals surface area contributed by atoms with E-state index in [9.17, 15) is 0 Å². The van der Waals surface area contributed by atoms with Crippen molar-refractivity contribution in [1.82, 2.24) is 0 Å². The van der Waals surface area contributed by atoms with Gasteiger partial charge < -0.3 is 10.8 Å². The van der Waals surface area contributed by atoms with Crippen molar-refractivity contribution in [3.05, 3.63) is 47.0 Å². The van der Waals surface area contributed by atoms with Crippen LogP contribution in [-0.2, 0) is 0 Å². The molecule has 0 radical (unpaired) electrons. The topological polar surface area (TPSA) is 47.7 Å². The SMILES string of the molecule is CCC(=N)/C=C\C(=N)c1ccc(C)cc1C. The van der Waals surface area contributed by atoms with E-state index in [1.165, 1.54) is 5.56 Å². The van der Waals surface area contributed by atoms with Gasteiger partial charge in [-0.3, -0.25) is 0 Å². The lowest BCUT2D eigenvalue weighted by Crippen LogP contribution is -1.99. The third kappa shape index (κ3) is 3.16. The minimum absolute atomic E-state index is 0.468. The summed E-state index contributed by atoms with van der Waals surface area (Å²) in [4.78, 5) is 0. The van der Waals surface area contributed by atoms with Crippen LogP contribution in [0.4, 0.5) is 0 Å². The number of hydrogen-bond acceptors (Lipinski definition) is 2. The zero-order valence-electron chi connectivity index (χ0n) is 10.1. The van der Waals surface area contributed by atoms with E-state index in [0.717, 1.165) is 11.1 Å². The predicted octanol–water partition coefficient (Wildman–Crippen LogP) is 3.66. The second-order valence-corrected chi connectivity index (χ2v) is 3.94. The van der Waals surface area contributed by atoms with Crippen molar-refractivity contribution in [3.63, 3.8) is 0 Å². The van der Waals surface area contributed by atoms with Crippen molar-refractivity contribution in [2.45, 2.75) is 27.2 Å². The van der Waals surface area contributed by atoms with Crippen molar-refractivity contribution >= 4 is 11.4 Å². The normalized spacial score (nSPS) is 10.7. The van der Waals surface area contributed by atoms with Gasteiger partial charge in [-0.1, -0.05) is 30.7 Å². The highest BCUT2D eigenvalue weighted by molar-refractivity contribution is 6.10. The molecule has 0 spiro atoms. The second kappa shape index (κ2) is 5.40. The third-order valence-corrected chi connectivity index (χ3v) is 2.50. The molecule has 0 heterocycles. The fourth-order valence-electron chi connectivity index (χ4n) is 1.51. The summed E-state index contributed by atoms with van der Waals surface area (Å²) < 4.78 is 0. The van der Waals surface area contributed by atoms with E-state index in [1.807, 2.05) is 32.9 Å². The van der Waals surface area contributed by atoms with Crippen LogP contribution in [0.25, 0.3) is 0 Å².